The normalized spacial score (nSPS) is 9.95. The second kappa shape index (κ2) is 6.01. The molecule has 21 heavy (non-hydrogen) atoms. The minimum atomic E-state index is -0.833. The van der Waals surface area contributed by atoms with E-state index in [1.807, 2.05) is 0 Å². The van der Waals surface area contributed by atoms with Gasteiger partial charge in [0.05, 0.1) is 0 Å². The number of nitrogen functional groups attached to an aromatic ring is 2. The molecule has 108 valence electrons. The molecule has 0 bridgehead atoms. The highest BCUT2D eigenvalue weighted by Crippen LogP contribution is 2.09. The van der Waals surface area contributed by atoms with Crippen molar-refractivity contribution in [2.24, 2.45) is 0 Å². The maximum absolute atomic E-state index is 11.8. The topological polar surface area (TPSA) is 149 Å². The van der Waals surface area contributed by atoms with Crippen LogP contribution >= 0.6 is 11.6 Å². The molecule has 2 aromatic rings. The Balaban J connectivity index is 2.01. The van der Waals surface area contributed by atoms with E-state index >= 15 is 0 Å². The van der Waals surface area contributed by atoms with E-state index in [1.165, 1.54) is 24.3 Å². The Morgan fingerprint density at radius 2 is 1.57 bits per heavy atom. The maximum Gasteiger partial charge on any atom is 0.328 e. The molecule has 0 aliphatic rings. The summed E-state index contributed by atoms with van der Waals surface area (Å²) in [5.41, 5.74) is 11.0. The van der Waals surface area contributed by atoms with Gasteiger partial charge in [-0.2, -0.15) is 15.0 Å². The van der Waals surface area contributed by atoms with Crippen molar-refractivity contribution in [3.8, 4) is 0 Å². The number of hydrogen-bond acceptors (Lipinski definition) is 7. The fraction of sp³-hybridized carbons (Fsp3) is 0. The van der Waals surface area contributed by atoms with Crippen molar-refractivity contribution in [2.75, 3.05) is 16.8 Å². The highest BCUT2D eigenvalue weighted by atomic mass is 35.5. The van der Waals surface area contributed by atoms with Crippen LogP contribution in [0.3, 0.4) is 0 Å². The summed E-state index contributed by atoms with van der Waals surface area (Å²) in [4.78, 5) is 34.2. The first-order valence-electron chi connectivity index (χ1n) is 5.59. The third-order valence-corrected chi connectivity index (χ3v) is 2.48. The minimum Gasteiger partial charge on any atom is -0.368 e. The predicted molar refractivity (Wildman–Crippen MR) is 76.6 cm³/mol. The number of nitrogens with zero attached hydrogens (tertiary/aromatic N) is 3. The van der Waals surface area contributed by atoms with Crippen molar-refractivity contribution < 1.29 is 9.59 Å². The number of aromatic nitrogens is 3. The van der Waals surface area contributed by atoms with Crippen molar-refractivity contribution >= 4 is 41.4 Å². The van der Waals surface area contributed by atoms with Gasteiger partial charge in [-0.15, -0.1) is 0 Å². The fourth-order valence-electron chi connectivity index (χ4n) is 1.37. The van der Waals surface area contributed by atoms with Crippen molar-refractivity contribution in [3.05, 3.63) is 34.9 Å². The van der Waals surface area contributed by atoms with E-state index in [9.17, 15) is 9.59 Å². The van der Waals surface area contributed by atoms with Crippen molar-refractivity contribution in [3.63, 3.8) is 0 Å². The molecule has 0 spiro atoms. The summed E-state index contributed by atoms with van der Waals surface area (Å²) in [6, 6.07) is 5.18. The molecule has 3 amide bonds. The van der Waals surface area contributed by atoms with Crippen molar-refractivity contribution in [1.82, 2.24) is 20.3 Å². The van der Waals surface area contributed by atoms with E-state index < -0.39 is 11.9 Å². The Morgan fingerprint density at radius 1 is 1.00 bits per heavy atom. The Labute approximate surface area is 123 Å². The van der Waals surface area contributed by atoms with Crippen molar-refractivity contribution in [1.29, 1.82) is 0 Å². The lowest BCUT2D eigenvalue weighted by Gasteiger charge is -2.06. The molecule has 0 atom stereocenters. The largest absolute Gasteiger partial charge is 0.368 e. The summed E-state index contributed by atoms with van der Waals surface area (Å²) in [6.07, 6.45) is 0. The average Bonchev–Trinajstić information content (AvgIpc) is 2.37. The van der Waals surface area contributed by atoms with Gasteiger partial charge in [0.2, 0.25) is 17.8 Å². The lowest BCUT2D eigenvalue weighted by Crippen LogP contribution is -2.35. The first-order valence-corrected chi connectivity index (χ1v) is 5.97. The number of urea groups is 1. The van der Waals surface area contributed by atoms with Gasteiger partial charge in [-0.3, -0.25) is 15.4 Å². The molecule has 0 saturated heterocycles. The number of benzene rings is 1. The number of amides is 3. The number of rotatable bonds is 2. The first-order chi connectivity index (χ1) is 9.94. The Bertz CT molecular complexity index is 669. The SMILES string of the molecule is Nc1nc(N)nc(NC(=O)NC(=O)c2ccc(Cl)cc2)n1. The van der Waals surface area contributed by atoms with Crippen LogP contribution in [0.2, 0.25) is 5.02 Å². The van der Waals surface area contributed by atoms with Crippen LogP contribution in [0.15, 0.2) is 24.3 Å². The lowest BCUT2D eigenvalue weighted by molar-refractivity contribution is 0.0967. The number of imide groups is 1. The van der Waals surface area contributed by atoms with Gasteiger partial charge >= 0.3 is 6.03 Å². The highest BCUT2D eigenvalue weighted by Gasteiger charge is 2.12. The van der Waals surface area contributed by atoms with Crippen LogP contribution in [0, 0.1) is 0 Å². The molecule has 0 aliphatic carbocycles. The number of nitrogens with one attached hydrogen (secondary N) is 2. The van der Waals surface area contributed by atoms with Gasteiger partial charge in [0.15, 0.2) is 0 Å². The van der Waals surface area contributed by atoms with Crippen molar-refractivity contribution in [2.45, 2.75) is 0 Å². The summed E-state index contributed by atoms with van der Waals surface area (Å²) in [7, 11) is 0. The zero-order valence-corrected chi connectivity index (χ0v) is 11.3. The molecule has 10 heteroatoms. The van der Waals surface area contributed by atoms with Crippen LogP contribution in [0.25, 0.3) is 0 Å². The molecule has 0 radical (unpaired) electrons. The molecule has 0 aliphatic heterocycles. The summed E-state index contributed by atoms with van der Waals surface area (Å²) in [5.74, 6) is -1.08. The minimum absolute atomic E-state index is 0.151. The summed E-state index contributed by atoms with van der Waals surface area (Å²) in [5, 5.41) is 4.78. The van der Waals surface area contributed by atoms with Gasteiger partial charge in [0.25, 0.3) is 5.91 Å². The van der Waals surface area contributed by atoms with Gasteiger partial charge in [0.1, 0.15) is 0 Å². The standard InChI is InChI=1S/C11H10ClN7O2/c12-6-3-1-5(2-4-6)7(20)15-11(21)19-10-17-8(13)16-9(14)18-10/h1-4H,(H6,13,14,15,16,17,18,19,20,21). The number of carbonyl (C=O) groups excluding carboxylic acids is 2. The van der Waals surface area contributed by atoms with E-state index in [0.29, 0.717) is 5.02 Å². The Kier molecular flexibility index (Phi) is 4.14. The number of hydrogen-bond donors (Lipinski definition) is 4. The quantitative estimate of drug-likeness (QED) is 0.636. The molecule has 0 fully saturated rings. The second-order valence-electron chi connectivity index (χ2n) is 3.79. The third-order valence-electron chi connectivity index (χ3n) is 2.23. The number of anilines is 3. The zero-order valence-electron chi connectivity index (χ0n) is 10.5. The van der Waals surface area contributed by atoms with E-state index in [2.05, 4.69) is 25.6 Å². The third kappa shape index (κ3) is 4.01. The maximum atomic E-state index is 11.8. The number of nitrogens with two attached hydrogens (primary N) is 2. The lowest BCUT2D eigenvalue weighted by atomic mass is 10.2. The van der Waals surface area contributed by atoms with Gasteiger partial charge < -0.3 is 11.5 Å². The van der Waals surface area contributed by atoms with Crippen LogP contribution in [-0.4, -0.2) is 26.9 Å². The Hall–Kier alpha value is -2.94. The van der Waals surface area contributed by atoms with Gasteiger partial charge in [-0.1, -0.05) is 11.6 Å². The molecular formula is C11H10ClN7O2. The van der Waals surface area contributed by atoms with Crippen LogP contribution in [0.5, 0.6) is 0 Å². The first kappa shape index (κ1) is 14.5. The highest BCUT2D eigenvalue weighted by molar-refractivity contribution is 6.30. The number of carbonyl (C=O) groups is 2. The molecule has 1 aromatic heterocycles. The zero-order chi connectivity index (χ0) is 15.4. The molecule has 2 rings (SSSR count). The molecule has 9 nitrogen and oxygen atoms in total. The van der Waals surface area contributed by atoms with E-state index in [-0.39, 0.29) is 23.4 Å². The molecule has 0 unspecified atom stereocenters. The van der Waals surface area contributed by atoms with Gasteiger partial charge in [-0.25, -0.2) is 4.79 Å². The average molecular weight is 308 g/mol. The molecular weight excluding hydrogens is 298 g/mol. The Morgan fingerprint density at radius 3 is 2.14 bits per heavy atom. The second-order valence-corrected chi connectivity index (χ2v) is 4.23. The van der Waals surface area contributed by atoms with E-state index in [1.54, 1.807) is 0 Å². The number of halogens is 1. The molecule has 0 saturated carbocycles. The summed E-state index contributed by atoms with van der Waals surface area (Å²) < 4.78 is 0. The monoisotopic (exact) mass is 307 g/mol. The summed E-state index contributed by atoms with van der Waals surface area (Å²) in [6.45, 7) is 0. The van der Waals surface area contributed by atoms with E-state index in [0.717, 1.165) is 0 Å². The predicted octanol–water partition coefficient (Wildman–Crippen LogP) is 0.651. The van der Waals surface area contributed by atoms with Crippen LogP contribution < -0.4 is 22.1 Å². The molecule has 1 heterocycles. The van der Waals surface area contributed by atoms with Crippen LogP contribution in [-0.2, 0) is 0 Å². The van der Waals surface area contributed by atoms with Gasteiger partial charge in [0, 0.05) is 10.6 Å². The van der Waals surface area contributed by atoms with Gasteiger partial charge in [-0.05, 0) is 24.3 Å². The van der Waals surface area contributed by atoms with Crippen LogP contribution in [0.1, 0.15) is 10.4 Å². The summed E-state index contributed by atoms with van der Waals surface area (Å²) >= 11 is 5.70. The van der Waals surface area contributed by atoms with E-state index in [4.69, 9.17) is 23.1 Å². The fourth-order valence-corrected chi connectivity index (χ4v) is 1.50. The molecule has 6 N–H and O–H groups in total. The molecule has 1 aromatic carbocycles. The smallest absolute Gasteiger partial charge is 0.328 e. The van der Waals surface area contributed by atoms with Crippen LogP contribution in [0.4, 0.5) is 22.6 Å².